The Labute approximate surface area is 183 Å². The summed E-state index contributed by atoms with van der Waals surface area (Å²) in [7, 11) is 0. The number of carboxylic acid groups (broad SMARTS) is 1. The van der Waals surface area contributed by atoms with Crippen molar-refractivity contribution in [2.24, 2.45) is 0 Å². The van der Waals surface area contributed by atoms with Crippen LogP contribution in [0.5, 0.6) is 5.75 Å². The van der Waals surface area contributed by atoms with E-state index >= 15 is 0 Å². The van der Waals surface area contributed by atoms with E-state index in [1.807, 2.05) is 48.5 Å². The van der Waals surface area contributed by atoms with Crippen molar-refractivity contribution in [3.8, 4) is 5.75 Å². The zero-order valence-electron chi connectivity index (χ0n) is 15.3. The third kappa shape index (κ3) is 6.29. The normalized spacial score (nSPS) is 11.3. The van der Waals surface area contributed by atoms with E-state index in [4.69, 9.17) is 33.0 Å². The maximum absolute atomic E-state index is 10.6. The molecule has 0 bridgehead atoms. The van der Waals surface area contributed by atoms with Crippen molar-refractivity contribution in [3.63, 3.8) is 0 Å². The van der Waals surface area contributed by atoms with Crippen LogP contribution < -0.4 is 4.74 Å². The quantitative estimate of drug-likeness (QED) is 0.393. The Morgan fingerprint density at radius 3 is 2.31 bits per heavy atom. The molecule has 0 heterocycles. The first kappa shape index (κ1) is 21.3. The maximum Gasteiger partial charge on any atom is 0.341 e. The molecule has 0 fully saturated rings. The van der Waals surface area contributed by atoms with Gasteiger partial charge in [0.25, 0.3) is 0 Å². The van der Waals surface area contributed by atoms with E-state index in [-0.39, 0.29) is 0 Å². The van der Waals surface area contributed by atoms with Gasteiger partial charge in [-0.25, -0.2) is 4.79 Å². The second-order valence-electron chi connectivity index (χ2n) is 6.08. The van der Waals surface area contributed by atoms with Crippen LogP contribution >= 0.6 is 35.0 Å². The molecule has 3 aromatic carbocycles. The molecule has 0 amide bonds. The third-order valence-electron chi connectivity index (χ3n) is 4.03. The molecule has 6 heteroatoms. The molecule has 0 saturated carbocycles. The van der Waals surface area contributed by atoms with Gasteiger partial charge in [-0.3, -0.25) is 0 Å². The molecule has 0 saturated heterocycles. The Hall–Kier alpha value is -2.40. The number of halogens is 2. The minimum atomic E-state index is -1.04. The molecule has 0 aliphatic rings. The number of aliphatic carboxylic acids is 1. The zero-order chi connectivity index (χ0) is 20.6. The fraction of sp³-hybridized carbons (Fsp3) is 0.0870. The van der Waals surface area contributed by atoms with Gasteiger partial charge in [0.05, 0.1) is 5.02 Å². The van der Waals surface area contributed by atoms with E-state index in [0.717, 1.165) is 27.3 Å². The monoisotopic (exact) mass is 444 g/mol. The lowest BCUT2D eigenvalue weighted by atomic mass is 9.98. The van der Waals surface area contributed by atoms with Crippen LogP contribution in [-0.2, 0) is 4.79 Å². The van der Waals surface area contributed by atoms with E-state index in [2.05, 4.69) is 18.2 Å². The Kier molecular flexibility index (Phi) is 7.64. The molecule has 0 atom stereocenters. The van der Waals surface area contributed by atoms with Gasteiger partial charge in [0.15, 0.2) is 6.61 Å². The number of rotatable bonds is 8. The third-order valence-corrected chi connectivity index (χ3v) is 5.50. The van der Waals surface area contributed by atoms with Crippen LogP contribution in [0.2, 0.25) is 10.0 Å². The second-order valence-corrected chi connectivity index (χ2v) is 8.01. The number of hydrogen-bond acceptors (Lipinski definition) is 3. The van der Waals surface area contributed by atoms with Gasteiger partial charge < -0.3 is 9.84 Å². The number of carbonyl (C=O) groups is 1. The Balaban J connectivity index is 1.75. The van der Waals surface area contributed by atoms with Crippen molar-refractivity contribution in [1.82, 2.24) is 0 Å². The summed E-state index contributed by atoms with van der Waals surface area (Å²) < 4.78 is 5.16. The van der Waals surface area contributed by atoms with Gasteiger partial charge in [-0.2, -0.15) is 0 Å². The second kappa shape index (κ2) is 10.4. The molecule has 0 aliphatic heterocycles. The van der Waals surface area contributed by atoms with Gasteiger partial charge in [0, 0.05) is 15.7 Å². The van der Waals surface area contributed by atoms with Gasteiger partial charge in [-0.15, -0.1) is 11.8 Å². The van der Waals surface area contributed by atoms with Crippen LogP contribution in [0.4, 0.5) is 0 Å². The van der Waals surface area contributed by atoms with Gasteiger partial charge in [-0.05, 0) is 47.0 Å². The van der Waals surface area contributed by atoms with Gasteiger partial charge in [-0.1, -0.05) is 71.7 Å². The standard InChI is InChI=1S/C23H18Cl2O3S/c24-18-8-6-17(7-9-18)20(16-4-2-1-3-5-16)12-13-29-19-10-11-22(21(25)14-19)28-15-23(26)27/h1-12,14H,13,15H2,(H,26,27)/b20-12-. The van der Waals surface area contributed by atoms with Gasteiger partial charge in [0.2, 0.25) is 0 Å². The lowest BCUT2D eigenvalue weighted by Gasteiger charge is -2.10. The predicted octanol–water partition coefficient (Wildman–Crippen LogP) is 6.68. The van der Waals surface area contributed by atoms with Crippen molar-refractivity contribution >= 4 is 46.5 Å². The summed E-state index contributed by atoms with van der Waals surface area (Å²) in [6.07, 6.45) is 2.17. The Morgan fingerprint density at radius 1 is 0.966 bits per heavy atom. The summed E-state index contributed by atoms with van der Waals surface area (Å²) in [6.45, 7) is -0.420. The average molecular weight is 445 g/mol. The largest absolute Gasteiger partial charge is 0.480 e. The van der Waals surface area contributed by atoms with E-state index in [9.17, 15) is 4.79 Å². The molecule has 1 N–H and O–H groups in total. The number of thioether (sulfide) groups is 1. The molecule has 3 nitrogen and oxygen atoms in total. The number of ether oxygens (including phenoxy) is 1. The summed E-state index contributed by atoms with van der Waals surface area (Å²) in [6, 6.07) is 23.3. The van der Waals surface area contributed by atoms with Crippen molar-refractivity contribution < 1.29 is 14.6 Å². The molecule has 0 unspecified atom stereocenters. The number of benzene rings is 3. The SMILES string of the molecule is O=C(O)COc1ccc(SC/C=C(/c2ccccc2)c2ccc(Cl)cc2)cc1Cl. The molecule has 29 heavy (non-hydrogen) atoms. The highest BCUT2D eigenvalue weighted by Gasteiger charge is 2.07. The van der Waals surface area contributed by atoms with Crippen LogP contribution in [0, 0.1) is 0 Å². The van der Waals surface area contributed by atoms with Gasteiger partial charge >= 0.3 is 5.97 Å². The topological polar surface area (TPSA) is 46.5 Å². The van der Waals surface area contributed by atoms with Crippen molar-refractivity contribution in [3.05, 3.63) is 100 Å². The van der Waals surface area contributed by atoms with E-state index in [1.165, 1.54) is 0 Å². The molecule has 0 radical (unpaired) electrons. The summed E-state index contributed by atoms with van der Waals surface area (Å²) in [5, 5.41) is 9.80. The lowest BCUT2D eigenvalue weighted by molar-refractivity contribution is -0.139. The Bertz CT molecular complexity index is 1000. The average Bonchev–Trinajstić information content (AvgIpc) is 2.72. The smallest absolute Gasteiger partial charge is 0.341 e. The van der Waals surface area contributed by atoms with E-state index < -0.39 is 12.6 Å². The highest BCUT2D eigenvalue weighted by atomic mass is 35.5. The molecule has 0 aliphatic carbocycles. The van der Waals surface area contributed by atoms with Crippen LogP contribution in [0.25, 0.3) is 5.57 Å². The van der Waals surface area contributed by atoms with Crippen molar-refractivity contribution in [2.45, 2.75) is 4.90 Å². The van der Waals surface area contributed by atoms with Crippen LogP contribution in [-0.4, -0.2) is 23.4 Å². The number of hydrogen-bond donors (Lipinski definition) is 1. The first-order valence-corrected chi connectivity index (χ1v) is 10.6. The first-order chi connectivity index (χ1) is 14.0. The summed E-state index contributed by atoms with van der Waals surface area (Å²) >= 11 is 13.9. The van der Waals surface area contributed by atoms with Crippen LogP contribution in [0.3, 0.4) is 0 Å². The minimum absolute atomic E-state index is 0.361. The highest BCUT2D eigenvalue weighted by Crippen LogP contribution is 2.31. The van der Waals surface area contributed by atoms with Crippen molar-refractivity contribution in [1.29, 1.82) is 0 Å². The molecular formula is C23H18Cl2O3S. The molecule has 148 valence electrons. The summed E-state index contributed by atoms with van der Waals surface area (Å²) in [5.74, 6) is 0.0544. The van der Waals surface area contributed by atoms with Crippen LogP contribution in [0.1, 0.15) is 11.1 Å². The maximum atomic E-state index is 10.6. The highest BCUT2D eigenvalue weighted by molar-refractivity contribution is 7.99. The predicted molar refractivity (Wildman–Crippen MR) is 120 cm³/mol. The number of carboxylic acids is 1. The van der Waals surface area contributed by atoms with Crippen LogP contribution in [0.15, 0.2) is 83.8 Å². The van der Waals surface area contributed by atoms with E-state index in [0.29, 0.717) is 15.8 Å². The van der Waals surface area contributed by atoms with Gasteiger partial charge in [0.1, 0.15) is 5.75 Å². The minimum Gasteiger partial charge on any atom is -0.480 e. The first-order valence-electron chi connectivity index (χ1n) is 8.81. The fourth-order valence-corrected chi connectivity index (χ4v) is 3.93. The summed E-state index contributed by atoms with van der Waals surface area (Å²) in [4.78, 5) is 11.6. The fourth-order valence-electron chi connectivity index (χ4n) is 2.70. The molecule has 0 spiro atoms. The zero-order valence-corrected chi connectivity index (χ0v) is 17.7. The lowest BCUT2D eigenvalue weighted by Crippen LogP contribution is -2.09. The Morgan fingerprint density at radius 2 is 1.66 bits per heavy atom. The van der Waals surface area contributed by atoms with Crippen molar-refractivity contribution in [2.75, 3.05) is 12.4 Å². The molecule has 3 aromatic rings. The molecule has 0 aromatic heterocycles. The summed E-state index contributed by atoms with van der Waals surface area (Å²) in [5.41, 5.74) is 3.35. The molecule has 3 rings (SSSR count). The molecular weight excluding hydrogens is 427 g/mol. The van der Waals surface area contributed by atoms with E-state index in [1.54, 1.807) is 23.9 Å².